The highest BCUT2D eigenvalue weighted by atomic mass is 16.5. The van der Waals surface area contributed by atoms with Gasteiger partial charge >= 0.3 is 11.9 Å². The van der Waals surface area contributed by atoms with Crippen LogP contribution in [0.1, 0.15) is 69.2 Å². The Morgan fingerprint density at radius 2 is 1.36 bits per heavy atom. The summed E-state index contributed by atoms with van der Waals surface area (Å²) in [5, 5.41) is 19.2. The van der Waals surface area contributed by atoms with Gasteiger partial charge in [-0.3, -0.25) is 4.79 Å². The summed E-state index contributed by atoms with van der Waals surface area (Å²) in [4.78, 5) is 24.1. The van der Waals surface area contributed by atoms with Gasteiger partial charge in [-0.1, -0.05) is 75.4 Å². The molecule has 0 bridgehead atoms. The van der Waals surface area contributed by atoms with E-state index in [9.17, 15) is 19.8 Å². The highest BCUT2D eigenvalue weighted by molar-refractivity contribution is 5.86. The third-order valence-electron chi connectivity index (χ3n) is 8.19. The van der Waals surface area contributed by atoms with E-state index in [0.717, 1.165) is 34.4 Å². The van der Waals surface area contributed by atoms with Gasteiger partial charge in [0.2, 0.25) is 0 Å². The molecule has 0 heterocycles. The normalized spacial score (nSPS) is 11.2. The van der Waals surface area contributed by atoms with Crippen molar-refractivity contribution in [1.29, 1.82) is 0 Å². The molecule has 0 aliphatic rings. The first-order chi connectivity index (χ1) is 22.6. The Kier molecular flexibility index (Phi) is 15.2. The van der Waals surface area contributed by atoms with E-state index in [1.165, 1.54) is 22.3 Å². The maximum absolute atomic E-state index is 12.1. The fourth-order valence-electron chi connectivity index (χ4n) is 5.28. The molecule has 3 rings (SSSR count). The minimum atomic E-state index is -0.410. The number of rotatable bonds is 19. The van der Waals surface area contributed by atoms with Crippen LogP contribution in [0.4, 0.5) is 0 Å². The Bertz CT molecular complexity index is 1470. The molecular weight excluding hydrogens is 592 g/mol. The maximum atomic E-state index is 12.1. The van der Waals surface area contributed by atoms with E-state index in [1.807, 2.05) is 13.8 Å². The van der Waals surface area contributed by atoms with Crippen LogP contribution in [0.15, 0.2) is 66.7 Å². The molecule has 3 aromatic rings. The number of benzene rings is 3. The Morgan fingerprint density at radius 1 is 0.787 bits per heavy atom. The van der Waals surface area contributed by atoms with Gasteiger partial charge in [0.1, 0.15) is 5.75 Å². The summed E-state index contributed by atoms with van der Waals surface area (Å²) in [6.07, 6.45) is 3.79. The van der Waals surface area contributed by atoms with Gasteiger partial charge in [-0.15, -0.1) is 0 Å². The number of ether oxygens (including phenoxy) is 3. The standard InChI is InChI=1S/C40H52O7/c1-7-31-22-33(32-14-12-29(6)13-15-32)16-17-37(31)36-23-34(10-8-19-46-39(43)27(2)3)38(45-21-18-30(25-41)26-42)35(24-36)11-9-20-47-40(44)28(4)5/h12-17,22-24,28,30,41-42H,2,7-11,18-21,25-26H2,1,3-6H3. The summed E-state index contributed by atoms with van der Waals surface area (Å²) < 4.78 is 17.3. The lowest BCUT2D eigenvalue weighted by atomic mass is 9.90. The smallest absolute Gasteiger partial charge is 0.333 e. The molecule has 0 spiro atoms. The zero-order valence-electron chi connectivity index (χ0n) is 28.8. The van der Waals surface area contributed by atoms with Gasteiger partial charge in [0.15, 0.2) is 0 Å². The Hall–Kier alpha value is -3.94. The summed E-state index contributed by atoms with van der Waals surface area (Å²) >= 11 is 0. The van der Waals surface area contributed by atoms with Gasteiger partial charge in [-0.05, 0) is 103 Å². The van der Waals surface area contributed by atoms with Crippen molar-refractivity contribution in [3.05, 3.63) is 89.0 Å². The zero-order chi connectivity index (χ0) is 34.3. The number of carbonyl (C=O) groups excluding carboxylic acids is 2. The third-order valence-corrected chi connectivity index (χ3v) is 8.19. The predicted molar refractivity (Wildman–Crippen MR) is 187 cm³/mol. The van der Waals surface area contributed by atoms with Crippen LogP contribution in [-0.2, 0) is 38.3 Å². The molecule has 0 fully saturated rings. The molecule has 7 heteroatoms. The number of carbonyl (C=O) groups is 2. The number of aryl methyl sites for hydroxylation is 4. The minimum absolute atomic E-state index is 0.119. The average Bonchev–Trinajstić information content (AvgIpc) is 3.07. The van der Waals surface area contributed by atoms with Crippen LogP contribution in [-0.4, -0.2) is 55.2 Å². The molecule has 0 amide bonds. The molecule has 7 nitrogen and oxygen atoms in total. The van der Waals surface area contributed by atoms with Crippen molar-refractivity contribution in [2.24, 2.45) is 11.8 Å². The molecular formula is C40H52O7. The number of hydrogen-bond donors (Lipinski definition) is 2. The molecule has 0 aliphatic heterocycles. The van der Waals surface area contributed by atoms with Crippen molar-refractivity contribution in [2.45, 2.75) is 73.1 Å². The molecule has 0 saturated heterocycles. The minimum Gasteiger partial charge on any atom is -0.493 e. The van der Waals surface area contributed by atoms with E-state index in [4.69, 9.17) is 14.2 Å². The van der Waals surface area contributed by atoms with Crippen LogP contribution in [0, 0.1) is 18.8 Å². The summed E-state index contributed by atoms with van der Waals surface area (Å²) in [5.74, 6) is -0.340. The summed E-state index contributed by atoms with van der Waals surface area (Å²) in [7, 11) is 0. The van der Waals surface area contributed by atoms with Crippen molar-refractivity contribution < 1.29 is 34.0 Å². The molecule has 0 aromatic heterocycles. The first-order valence-corrected chi connectivity index (χ1v) is 16.8. The molecule has 254 valence electrons. The first kappa shape index (κ1) is 37.5. The molecule has 0 saturated carbocycles. The second kappa shape index (κ2) is 19.0. The van der Waals surface area contributed by atoms with Gasteiger partial charge in [-0.25, -0.2) is 4.79 Å². The Labute approximate surface area is 280 Å². The molecule has 3 aromatic carbocycles. The lowest BCUT2D eigenvalue weighted by molar-refractivity contribution is -0.147. The van der Waals surface area contributed by atoms with Crippen molar-refractivity contribution in [3.63, 3.8) is 0 Å². The van der Waals surface area contributed by atoms with E-state index in [2.05, 4.69) is 75.0 Å². The third kappa shape index (κ3) is 11.4. The fraction of sp³-hybridized carbons (Fsp3) is 0.450. The molecule has 0 unspecified atom stereocenters. The van der Waals surface area contributed by atoms with Crippen LogP contribution >= 0.6 is 0 Å². The largest absolute Gasteiger partial charge is 0.493 e. The second-order valence-corrected chi connectivity index (χ2v) is 12.5. The van der Waals surface area contributed by atoms with Crippen molar-refractivity contribution in [2.75, 3.05) is 33.0 Å². The summed E-state index contributed by atoms with van der Waals surface area (Å²) in [6, 6.07) is 19.5. The lowest BCUT2D eigenvalue weighted by Gasteiger charge is -2.21. The molecule has 0 aliphatic carbocycles. The number of esters is 2. The molecule has 0 atom stereocenters. The number of aliphatic hydroxyl groups is 2. The Morgan fingerprint density at radius 3 is 1.91 bits per heavy atom. The van der Waals surface area contributed by atoms with Crippen molar-refractivity contribution >= 4 is 11.9 Å². The van der Waals surface area contributed by atoms with E-state index in [1.54, 1.807) is 6.92 Å². The Balaban J connectivity index is 2.02. The second-order valence-electron chi connectivity index (χ2n) is 12.5. The van der Waals surface area contributed by atoms with E-state index in [-0.39, 0.29) is 37.6 Å². The number of aliphatic hydroxyl groups excluding tert-OH is 2. The maximum Gasteiger partial charge on any atom is 0.333 e. The van der Waals surface area contributed by atoms with Crippen LogP contribution in [0.2, 0.25) is 0 Å². The van der Waals surface area contributed by atoms with Gasteiger partial charge in [0.25, 0.3) is 0 Å². The molecule has 47 heavy (non-hydrogen) atoms. The van der Waals surface area contributed by atoms with Gasteiger partial charge < -0.3 is 24.4 Å². The quantitative estimate of drug-likeness (QED) is 0.0794. The molecule has 0 radical (unpaired) electrons. The van der Waals surface area contributed by atoms with Gasteiger partial charge in [0, 0.05) is 24.7 Å². The van der Waals surface area contributed by atoms with E-state index >= 15 is 0 Å². The zero-order valence-corrected chi connectivity index (χ0v) is 28.8. The topological polar surface area (TPSA) is 102 Å². The predicted octanol–water partition coefficient (Wildman–Crippen LogP) is 7.44. The fourth-order valence-corrected chi connectivity index (χ4v) is 5.28. The molecule has 2 N–H and O–H groups in total. The van der Waals surface area contributed by atoms with Crippen LogP contribution in [0.3, 0.4) is 0 Å². The lowest BCUT2D eigenvalue weighted by Crippen LogP contribution is -2.16. The van der Waals surface area contributed by atoms with Gasteiger partial charge in [-0.2, -0.15) is 0 Å². The van der Waals surface area contributed by atoms with Crippen LogP contribution in [0.25, 0.3) is 22.3 Å². The monoisotopic (exact) mass is 644 g/mol. The van der Waals surface area contributed by atoms with E-state index in [0.29, 0.717) is 50.9 Å². The number of hydrogen-bond acceptors (Lipinski definition) is 7. The van der Waals surface area contributed by atoms with Crippen molar-refractivity contribution in [1.82, 2.24) is 0 Å². The highest BCUT2D eigenvalue weighted by Crippen LogP contribution is 2.36. The SMILES string of the molecule is C=C(C)C(=O)OCCCc1cc(-c2ccc(-c3ccc(C)cc3)cc2CC)cc(CCCOC(=O)C(C)C)c1OCCC(CO)CO. The highest BCUT2D eigenvalue weighted by Gasteiger charge is 2.18. The van der Waals surface area contributed by atoms with Crippen LogP contribution in [0.5, 0.6) is 5.75 Å². The van der Waals surface area contributed by atoms with Crippen molar-refractivity contribution in [3.8, 4) is 28.0 Å². The first-order valence-electron chi connectivity index (χ1n) is 16.8. The summed E-state index contributed by atoms with van der Waals surface area (Å²) in [6.45, 7) is 13.8. The van der Waals surface area contributed by atoms with E-state index < -0.39 is 5.97 Å². The average molecular weight is 645 g/mol. The summed E-state index contributed by atoms with van der Waals surface area (Å²) in [5.41, 5.74) is 9.33. The van der Waals surface area contributed by atoms with Crippen LogP contribution < -0.4 is 4.74 Å². The van der Waals surface area contributed by atoms with Gasteiger partial charge in [0.05, 0.1) is 25.7 Å².